The molecule has 1 saturated carbocycles. The molecule has 0 amide bonds. The summed E-state index contributed by atoms with van der Waals surface area (Å²) in [5.41, 5.74) is 12.5. The highest BCUT2D eigenvalue weighted by Gasteiger charge is 2.39. The lowest BCUT2D eigenvalue weighted by molar-refractivity contribution is -0.539. The van der Waals surface area contributed by atoms with Crippen LogP contribution in [-0.2, 0) is 10.8 Å². The Morgan fingerprint density at radius 3 is 1.63 bits per heavy atom. The quantitative estimate of drug-likeness (QED) is 0.276. The molecule has 0 spiro atoms. The minimum absolute atomic E-state index is 0.0235. The lowest BCUT2D eigenvalue weighted by Crippen LogP contribution is -2.45. The summed E-state index contributed by atoms with van der Waals surface area (Å²) in [5, 5.41) is 0. The molecule has 43 heavy (non-hydrogen) atoms. The number of fused-ring (bicyclic) bond motifs is 2. The second-order valence-corrected chi connectivity index (χ2v) is 13.7. The van der Waals surface area contributed by atoms with Crippen LogP contribution in [0.4, 0.5) is 11.4 Å². The van der Waals surface area contributed by atoms with Gasteiger partial charge in [-0.15, -0.1) is 6.58 Å². The molecule has 4 nitrogen and oxygen atoms in total. The number of anilines is 2. The average Bonchev–Trinajstić information content (AvgIpc) is 3.33. The molecule has 4 heteroatoms. The molecule has 0 N–H and O–H groups in total. The molecule has 0 radical (unpaired) electrons. The maximum absolute atomic E-state index is 3.98. The third kappa shape index (κ3) is 5.14. The van der Waals surface area contributed by atoms with E-state index in [4.69, 9.17) is 0 Å². The van der Waals surface area contributed by atoms with Gasteiger partial charge in [-0.05, 0) is 54.7 Å². The minimum atomic E-state index is -0.0235. The van der Waals surface area contributed by atoms with Crippen LogP contribution in [-0.4, -0.2) is 62.0 Å². The van der Waals surface area contributed by atoms with Gasteiger partial charge in [0.15, 0.2) is 13.1 Å². The van der Waals surface area contributed by atoms with Crippen LogP contribution in [0.25, 0.3) is 0 Å². The van der Waals surface area contributed by atoms with Gasteiger partial charge in [0.05, 0.1) is 13.1 Å². The maximum atomic E-state index is 3.98. The maximum Gasteiger partial charge on any atom is 0.206 e. The Morgan fingerprint density at radius 2 is 1.19 bits per heavy atom. The molecule has 1 saturated heterocycles. The van der Waals surface area contributed by atoms with Crippen LogP contribution in [0.15, 0.2) is 108 Å². The van der Waals surface area contributed by atoms with E-state index in [1.807, 2.05) is 6.08 Å². The Morgan fingerprint density at radius 1 is 0.721 bits per heavy atom. The number of hydrogen-bond donors (Lipinski definition) is 0. The predicted molar refractivity (Wildman–Crippen MR) is 184 cm³/mol. The molecule has 0 atom stereocenters. The van der Waals surface area contributed by atoms with Crippen molar-refractivity contribution in [2.75, 3.05) is 56.6 Å². The van der Waals surface area contributed by atoms with Gasteiger partial charge in [0.1, 0.15) is 0 Å². The molecule has 0 unspecified atom stereocenters. The highest BCUT2D eigenvalue weighted by atomic mass is 15.2. The molecule has 2 fully saturated rings. The molecule has 6 rings (SSSR count). The van der Waals surface area contributed by atoms with Crippen molar-refractivity contribution in [3.63, 3.8) is 0 Å². The molecule has 0 bridgehead atoms. The lowest BCUT2D eigenvalue weighted by atomic mass is 9.82. The molecule has 0 aromatic heterocycles. The molecule has 3 heterocycles. The standard InChI is InChI=1S/C39H49N4/c1-8-24-42-25-27-43(28-26-42)37-29(20-22-35-38(2,3)31-16-9-11-18-33(31)40(35)6)14-13-15-30(37)21-23-36-39(4,5)32-17-10-12-19-34(32)41(36)7/h8-12,16-23H,1,13-15,24-28H2,2-7H3/q+1. The zero-order valence-electron chi connectivity index (χ0n) is 27.2. The van der Waals surface area contributed by atoms with Crippen LogP contribution in [0.1, 0.15) is 58.1 Å². The van der Waals surface area contributed by atoms with E-state index in [1.54, 1.807) is 0 Å². The smallest absolute Gasteiger partial charge is 0.206 e. The number of benzene rings is 2. The highest BCUT2D eigenvalue weighted by Crippen LogP contribution is 2.48. The molecule has 4 aliphatic rings. The Hall–Kier alpha value is -3.63. The summed E-state index contributed by atoms with van der Waals surface area (Å²) in [7, 11) is 4.44. The van der Waals surface area contributed by atoms with Gasteiger partial charge in [0.2, 0.25) is 5.71 Å². The second-order valence-electron chi connectivity index (χ2n) is 13.7. The van der Waals surface area contributed by atoms with Crippen molar-refractivity contribution in [3.8, 4) is 0 Å². The van der Waals surface area contributed by atoms with Crippen LogP contribution in [0.5, 0.6) is 0 Å². The number of rotatable bonds is 4. The molecule has 2 aromatic carbocycles. The number of hydrogen-bond acceptors (Lipinski definition) is 3. The van der Waals surface area contributed by atoms with Crippen molar-refractivity contribution in [2.24, 2.45) is 0 Å². The van der Waals surface area contributed by atoms with Gasteiger partial charge in [-0.3, -0.25) is 4.90 Å². The van der Waals surface area contributed by atoms with Gasteiger partial charge in [0.25, 0.3) is 0 Å². The van der Waals surface area contributed by atoms with Gasteiger partial charge in [-0.25, -0.2) is 4.58 Å². The number of piperazine rings is 1. The van der Waals surface area contributed by atoms with Crippen molar-refractivity contribution in [1.82, 2.24) is 4.90 Å². The summed E-state index contributed by atoms with van der Waals surface area (Å²) in [6.07, 6.45) is 15.2. The number of likely N-dealkylation sites (N-methyl/N-ethyl adjacent to an activating group) is 2. The van der Waals surface area contributed by atoms with E-state index in [0.29, 0.717) is 0 Å². The van der Waals surface area contributed by atoms with Crippen molar-refractivity contribution in [3.05, 3.63) is 119 Å². The molecule has 224 valence electrons. The first-order chi connectivity index (χ1) is 20.6. The first-order valence-electron chi connectivity index (χ1n) is 16.1. The largest absolute Gasteiger partial charge is 0.347 e. The Labute approximate surface area is 259 Å². The van der Waals surface area contributed by atoms with E-state index < -0.39 is 0 Å². The average molecular weight is 574 g/mol. The molecular weight excluding hydrogens is 524 g/mol. The number of allylic oxidation sites excluding steroid dienone is 8. The predicted octanol–water partition coefficient (Wildman–Crippen LogP) is 7.60. The fourth-order valence-electron chi connectivity index (χ4n) is 7.94. The highest BCUT2D eigenvalue weighted by molar-refractivity contribution is 6.10. The van der Waals surface area contributed by atoms with E-state index in [1.165, 1.54) is 57.2 Å². The molecule has 2 aromatic rings. The monoisotopic (exact) mass is 573 g/mol. The van der Waals surface area contributed by atoms with Crippen molar-refractivity contribution in [2.45, 2.75) is 57.8 Å². The van der Waals surface area contributed by atoms with Crippen LogP contribution in [0, 0.1) is 0 Å². The third-order valence-electron chi connectivity index (χ3n) is 10.3. The Bertz CT molecular complexity index is 1470. The second kappa shape index (κ2) is 11.5. The van der Waals surface area contributed by atoms with Crippen LogP contribution in [0.3, 0.4) is 0 Å². The van der Waals surface area contributed by atoms with E-state index in [2.05, 4.69) is 140 Å². The summed E-state index contributed by atoms with van der Waals surface area (Å²) in [4.78, 5) is 7.30. The van der Waals surface area contributed by atoms with E-state index in [-0.39, 0.29) is 10.8 Å². The first-order valence-corrected chi connectivity index (χ1v) is 16.1. The molecular formula is C39H49N4+. The summed E-state index contributed by atoms with van der Waals surface area (Å²) in [6.45, 7) is 18.7. The Kier molecular flexibility index (Phi) is 7.85. The lowest BCUT2D eigenvalue weighted by Gasteiger charge is -2.28. The fourth-order valence-corrected chi connectivity index (χ4v) is 7.94. The number of para-hydroxylation sites is 2. The summed E-state index contributed by atoms with van der Waals surface area (Å²) in [5.74, 6) is 0. The van der Waals surface area contributed by atoms with Gasteiger partial charge in [0, 0.05) is 65.4 Å². The van der Waals surface area contributed by atoms with Crippen LogP contribution in [0.2, 0.25) is 0 Å². The number of nitrogens with zero attached hydrogens (tertiary/aromatic N) is 4. The fraction of sp³-hybridized carbons (Fsp3) is 0.410. The Balaban J connectivity index is 1.41. The van der Waals surface area contributed by atoms with Crippen LogP contribution < -0.4 is 9.80 Å². The van der Waals surface area contributed by atoms with E-state index in [9.17, 15) is 0 Å². The molecule has 1 aliphatic carbocycles. The zero-order chi connectivity index (χ0) is 30.4. The van der Waals surface area contributed by atoms with Gasteiger partial charge in [-0.1, -0.05) is 82.3 Å². The van der Waals surface area contributed by atoms with Crippen molar-refractivity contribution >= 4 is 17.1 Å². The topological polar surface area (TPSA) is 12.7 Å². The summed E-state index contributed by atoms with van der Waals surface area (Å²) < 4.78 is 2.67. The van der Waals surface area contributed by atoms with Gasteiger partial charge >= 0.3 is 0 Å². The normalized spacial score (nSPS) is 25.3. The van der Waals surface area contributed by atoms with Crippen molar-refractivity contribution in [1.29, 1.82) is 0 Å². The van der Waals surface area contributed by atoms with E-state index >= 15 is 0 Å². The minimum Gasteiger partial charge on any atom is -0.347 e. The SMILES string of the molecule is C=CCN1CC[N+](=C2/C(=C\C=C3/N(C)c4ccccc4C3(C)C)CCC/C2=C\C=C2\N(C)c3ccccc3C2(C)C)CC1. The van der Waals surface area contributed by atoms with Crippen LogP contribution >= 0.6 is 0 Å². The first kappa shape index (κ1) is 29.4. The van der Waals surface area contributed by atoms with Crippen molar-refractivity contribution < 1.29 is 4.58 Å². The van der Waals surface area contributed by atoms with Gasteiger partial charge < -0.3 is 9.80 Å². The summed E-state index contributed by atoms with van der Waals surface area (Å²) in [6, 6.07) is 17.7. The third-order valence-corrected chi connectivity index (χ3v) is 10.3. The summed E-state index contributed by atoms with van der Waals surface area (Å²) >= 11 is 0. The molecule has 3 aliphatic heterocycles. The zero-order valence-corrected chi connectivity index (χ0v) is 27.2. The van der Waals surface area contributed by atoms with Gasteiger partial charge in [-0.2, -0.15) is 0 Å². The van der Waals surface area contributed by atoms with E-state index in [0.717, 1.165) is 45.6 Å².